The Bertz CT molecular complexity index is 414. The highest BCUT2D eigenvalue weighted by molar-refractivity contribution is 6.48. The number of nitrogens with one attached hydrogen (secondary N) is 1. The number of hydrogen-bond donors (Lipinski definition) is 1. The molecule has 126 valence electrons. The van der Waals surface area contributed by atoms with Gasteiger partial charge in [-0.15, -0.1) is 0 Å². The molecule has 0 aliphatic carbocycles. The van der Waals surface area contributed by atoms with Crippen LogP contribution in [0.5, 0.6) is 0 Å². The highest BCUT2D eigenvalue weighted by atomic mass is 16.7. The van der Waals surface area contributed by atoms with Crippen LogP contribution in [0.2, 0.25) is 5.82 Å². The van der Waals surface area contributed by atoms with Crippen molar-refractivity contribution in [3.05, 3.63) is 0 Å². The Morgan fingerprint density at radius 3 is 2.23 bits per heavy atom. The van der Waals surface area contributed by atoms with Crippen LogP contribution >= 0.6 is 0 Å². The van der Waals surface area contributed by atoms with Gasteiger partial charge in [0.1, 0.15) is 5.60 Å². The maximum atomic E-state index is 12.5. The molecule has 0 aromatic carbocycles. The van der Waals surface area contributed by atoms with Gasteiger partial charge in [-0.05, 0) is 61.4 Å². The number of ether oxygens (including phenoxy) is 1. The van der Waals surface area contributed by atoms with Gasteiger partial charge in [-0.25, -0.2) is 0 Å². The summed E-state index contributed by atoms with van der Waals surface area (Å²) in [6.07, 6.45) is 0.848. The number of esters is 1. The SMILES string of the molecule is CC(C)(C)OC(=O)C1CNCCC1B1OC(C)(C)C(C)(C)O1. The molecular formula is C16H30BNO4. The Labute approximate surface area is 134 Å². The van der Waals surface area contributed by atoms with Crippen LogP contribution in [-0.2, 0) is 18.8 Å². The zero-order valence-electron chi connectivity index (χ0n) is 15.0. The van der Waals surface area contributed by atoms with Gasteiger partial charge in [0.25, 0.3) is 0 Å². The van der Waals surface area contributed by atoms with Crippen molar-refractivity contribution in [2.24, 2.45) is 5.92 Å². The molecule has 0 spiro atoms. The van der Waals surface area contributed by atoms with E-state index >= 15 is 0 Å². The van der Waals surface area contributed by atoms with E-state index in [1.165, 1.54) is 0 Å². The molecule has 2 saturated heterocycles. The number of carbonyl (C=O) groups is 1. The molecule has 0 amide bonds. The van der Waals surface area contributed by atoms with E-state index in [4.69, 9.17) is 14.0 Å². The lowest BCUT2D eigenvalue weighted by molar-refractivity contribution is -0.160. The van der Waals surface area contributed by atoms with Gasteiger partial charge in [0.2, 0.25) is 0 Å². The minimum absolute atomic E-state index is 0.0251. The van der Waals surface area contributed by atoms with E-state index in [2.05, 4.69) is 5.32 Å². The average Bonchev–Trinajstić information content (AvgIpc) is 2.56. The van der Waals surface area contributed by atoms with Gasteiger partial charge in [-0.3, -0.25) is 4.79 Å². The molecule has 2 aliphatic rings. The second-order valence-electron chi connectivity index (χ2n) is 8.42. The van der Waals surface area contributed by atoms with Crippen molar-refractivity contribution in [2.75, 3.05) is 13.1 Å². The third-order valence-electron chi connectivity index (χ3n) is 4.87. The molecule has 2 aliphatic heterocycles. The van der Waals surface area contributed by atoms with Crippen molar-refractivity contribution in [3.63, 3.8) is 0 Å². The normalized spacial score (nSPS) is 31.1. The van der Waals surface area contributed by atoms with Gasteiger partial charge in [0, 0.05) is 12.4 Å². The molecule has 0 radical (unpaired) electrons. The maximum absolute atomic E-state index is 12.5. The summed E-state index contributed by atoms with van der Waals surface area (Å²) in [5.74, 6) is -0.376. The largest absolute Gasteiger partial charge is 0.462 e. The van der Waals surface area contributed by atoms with Crippen molar-refractivity contribution >= 4 is 13.1 Å². The van der Waals surface area contributed by atoms with Crippen molar-refractivity contribution in [1.82, 2.24) is 5.32 Å². The van der Waals surface area contributed by atoms with E-state index in [9.17, 15) is 4.79 Å². The molecule has 0 saturated carbocycles. The first-order valence-corrected chi connectivity index (χ1v) is 8.22. The van der Waals surface area contributed by atoms with E-state index in [0.717, 1.165) is 13.0 Å². The Morgan fingerprint density at radius 2 is 1.73 bits per heavy atom. The van der Waals surface area contributed by atoms with Gasteiger partial charge < -0.3 is 19.4 Å². The second-order valence-corrected chi connectivity index (χ2v) is 8.42. The molecule has 2 fully saturated rings. The lowest BCUT2D eigenvalue weighted by atomic mass is 9.62. The standard InChI is InChI=1S/C16H30BNO4/c1-14(2,3)20-13(19)11-10-18-9-8-12(11)17-21-15(4,5)16(6,7)22-17/h11-12,18H,8-10H2,1-7H3. The predicted molar refractivity (Wildman–Crippen MR) is 86.7 cm³/mol. The van der Waals surface area contributed by atoms with Crippen LogP contribution in [0.4, 0.5) is 0 Å². The fourth-order valence-corrected chi connectivity index (χ4v) is 2.90. The molecular weight excluding hydrogens is 281 g/mol. The number of piperidine rings is 1. The molecule has 6 heteroatoms. The Kier molecular flexibility index (Phi) is 4.69. The first-order valence-electron chi connectivity index (χ1n) is 8.22. The zero-order valence-corrected chi connectivity index (χ0v) is 15.0. The van der Waals surface area contributed by atoms with E-state index < -0.39 is 5.60 Å². The van der Waals surface area contributed by atoms with Crippen molar-refractivity contribution < 1.29 is 18.8 Å². The fourth-order valence-electron chi connectivity index (χ4n) is 2.90. The zero-order chi connectivity index (χ0) is 16.8. The highest BCUT2D eigenvalue weighted by Gasteiger charge is 2.56. The minimum atomic E-state index is -0.477. The third kappa shape index (κ3) is 3.66. The van der Waals surface area contributed by atoms with Crippen LogP contribution in [0.3, 0.4) is 0 Å². The first-order chi connectivity index (χ1) is 9.93. The summed E-state index contributed by atoms with van der Waals surface area (Å²) in [6, 6.07) is 0. The molecule has 2 unspecified atom stereocenters. The Balaban J connectivity index is 2.13. The highest BCUT2D eigenvalue weighted by Crippen LogP contribution is 2.43. The van der Waals surface area contributed by atoms with Gasteiger partial charge in [0.15, 0.2) is 0 Å². The van der Waals surface area contributed by atoms with Crippen LogP contribution in [0.15, 0.2) is 0 Å². The van der Waals surface area contributed by atoms with Crippen molar-refractivity contribution in [2.45, 2.75) is 77.5 Å². The molecule has 2 heterocycles. The monoisotopic (exact) mass is 311 g/mol. The summed E-state index contributed by atoms with van der Waals surface area (Å²) in [5.41, 5.74) is -1.23. The molecule has 2 atom stereocenters. The summed E-state index contributed by atoms with van der Waals surface area (Å²) < 4.78 is 17.9. The number of hydrogen-bond acceptors (Lipinski definition) is 5. The van der Waals surface area contributed by atoms with Crippen LogP contribution < -0.4 is 5.32 Å². The molecule has 0 aromatic heterocycles. The topological polar surface area (TPSA) is 56.8 Å². The average molecular weight is 311 g/mol. The van der Waals surface area contributed by atoms with E-state index in [-0.39, 0.29) is 36.0 Å². The summed E-state index contributed by atoms with van der Waals surface area (Å²) in [4.78, 5) is 12.5. The van der Waals surface area contributed by atoms with Crippen molar-refractivity contribution in [1.29, 1.82) is 0 Å². The third-order valence-corrected chi connectivity index (χ3v) is 4.87. The smallest absolute Gasteiger partial charge is 0.460 e. The van der Waals surface area contributed by atoms with E-state index in [1.54, 1.807) is 0 Å². The van der Waals surface area contributed by atoms with Crippen LogP contribution in [0.25, 0.3) is 0 Å². The summed E-state index contributed by atoms with van der Waals surface area (Å²) in [6.45, 7) is 15.3. The molecule has 1 N–H and O–H groups in total. The van der Waals surface area contributed by atoms with Gasteiger partial charge in [-0.2, -0.15) is 0 Å². The maximum Gasteiger partial charge on any atom is 0.462 e. The molecule has 0 aromatic rings. The Hall–Kier alpha value is -0.585. The lowest BCUT2D eigenvalue weighted by Gasteiger charge is -2.33. The van der Waals surface area contributed by atoms with Crippen LogP contribution in [0, 0.1) is 5.92 Å². The number of rotatable bonds is 2. The summed E-state index contributed by atoms with van der Waals surface area (Å²) in [7, 11) is -0.357. The Morgan fingerprint density at radius 1 is 1.18 bits per heavy atom. The lowest BCUT2D eigenvalue weighted by Crippen LogP contribution is -2.46. The van der Waals surface area contributed by atoms with Crippen molar-refractivity contribution in [3.8, 4) is 0 Å². The summed E-state index contributed by atoms with van der Waals surface area (Å²) >= 11 is 0. The van der Waals surface area contributed by atoms with Gasteiger partial charge in [-0.1, -0.05) is 0 Å². The molecule has 22 heavy (non-hydrogen) atoms. The van der Waals surface area contributed by atoms with Crippen LogP contribution in [0.1, 0.15) is 54.9 Å². The van der Waals surface area contributed by atoms with Gasteiger partial charge >= 0.3 is 13.1 Å². The van der Waals surface area contributed by atoms with E-state index in [1.807, 2.05) is 48.5 Å². The van der Waals surface area contributed by atoms with Crippen LogP contribution in [-0.4, -0.2) is 43.0 Å². The second kappa shape index (κ2) is 5.80. The minimum Gasteiger partial charge on any atom is -0.460 e. The quantitative estimate of drug-likeness (QED) is 0.627. The number of carbonyl (C=O) groups excluding carboxylic acids is 1. The molecule has 0 bridgehead atoms. The molecule has 2 rings (SSSR count). The molecule has 5 nitrogen and oxygen atoms in total. The van der Waals surface area contributed by atoms with Gasteiger partial charge in [0.05, 0.1) is 17.1 Å². The van der Waals surface area contributed by atoms with E-state index in [0.29, 0.717) is 6.54 Å². The summed E-state index contributed by atoms with van der Waals surface area (Å²) in [5, 5.41) is 3.28. The predicted octanol–water partition coefficient (Wildman–Crippen LogP) is 2.40. The fraction of sp³-hybridized carbons (Fsp3) is 0.938. The first kappa shape index (κ1) is 17.8.